The summed E-state index contributed by atoms with van der Waals surface area (Å²) in [7, 11) is 0. The van der Waals surface area contributed by atoms with Crippen molar-refractivity contribution in [3.05, 3.63) is 70.8 Å². The van der Waals surface area contributed by atoms with Gasteiger partial charge in [0.2, 0.25) is 0 Å². The molecule has 0 unspecified atom stereocenters. The number of allylic oxidation sites excluding steroid dienone is 5. The minimum absolute atomic E-state index is 0.00152. The van der Waals surface area contributed by atoms with Crippen molar-refractivity contribution in [2.75, 3.05) is 0 Å². The van der Waals surface area contributed by atoms with Gasteiger partial charge in [-0.1, -0.05) is 73.9 Å². The van der Waals surface area contributed by atoms with Crippen LogP contribution in [0.15, 0.2) is 65.3 Å². The van der Waals surface area contributed by atoms with E-state index in [9.17, 15) is 4.79 Å². The summed E-state index contributed by atoms with van der Waals surface area (Å²) in [4.78, 5) is 12.7. The molecule has 0 amide bonds. The summed E-state index contributed by atoms with van der Waals surface area (Å²) in [6, 6.07) is 9.44. The van der Waals surface area contributed by atoms with E-state index in [0.29, 0.717) is 16.9 Å². The molecule has 36 heavy (non-hydrogen) atoms. The number of rotatable bonds is 6. The highest BCUT2D eigenvalue weighted by Gasteiger charge is 2.57. The number of hydrogen-bond acceptors (Lipinski definition) is 2. The average molecular weight is 487 g/mol. The first-order valence-corrected chi connectivity index (χ1v) is 14.5. The Hall–Kier alpha value is -2.09. The third-order valence-electron chi connectivity index (χ3n) is 10.7. The van der Waals surface area contributed by atoms with Crippen LogP contribution in [0.4, 0.5) is 0 Å². The van der Waals surface area contributed by atoms with Crippen molar-refractivity contribution in [1.29, 1.82) is 0 Å². The Morgan fingerprint density at radius 2 is 1.81 bits per heavy atom. The molecule has 0 bridgehead atoms. The van der Waals surface area contributed by atoms with Gasteiger partial charge in [-0.3, -0.25) is 0 Å². The van der Waals surface area contributed by atoms with Crippen molar-refractivity contribution >= 4 is 5.97 Å². The molecular formula is C34H46O2. The van der Waals surface area contributed by atoms with E-state index in [1.54, 1.807) is 5.57 Å². The van der Waals surface area contributed by atoms with E-state index >= 15 is 0 Å². The van der Waals surface area contributed by atoms with E-state index in [0.717, 1.165) is 37.0 Å². The minimum atomic E-state index is -0.180. The highest BCUT2D eigenvalue weighted by molar-refractivity contribution is 5.89. The number of esters is 1. The first-order valence-electron chi connectivity index (χ1n) is 14.5. The molecular weight excluding hydrogens is 440 g/mol. The monoisotopic (exact) mass is 486 g/mol. The molecule has 0 radical (unpaired) electrons. The number of benzene rings is 1. The van der Waals surface area contributed by atoms with Gasteiger partial charge in [0.15, 0.2) is 0 Å². The predicted molar refractivity (Wildman–Crippen MR) is 149 cm³/mol. The van der Waals surface area contributed by atoms with Crippen molar-refractivity contribution < 1.29 is 9.53 Å². The minimum Gasteiger partial charge on any atom is -0.458 e. The van der Waals surface area contributed by atoms with E-state index < -0.39 is 0 Å². The normalized spacial score (nSPS) is 35.9. The second kappa shape index (κ2) is 9.99. The zero-order valence-corrected chi connectivity index (χ0v) is 23.2. The molecule has 3 fully saturated rings. The molecule has 1 aromatic rings. The van der Waals surface area contributed by atoms with Gasteiger partial charge in [0, 0.05) is 6.42 Å². The zero-order chi connectivity index (χ0) is 25.5. The standard InChI is InChI=1S/C34H46O2/c1-23(2)10-9-11-24(3)29-16-17-30-28-15-14-26-22-27(36-32(35)25-12-7-6-8-13-25)18-20-33(26,4)31(28)19-21-34(29,30)5/h6-8,10,12-15,24,27,29-31H,9,11,16-22H2,1-5H3/t24-,27+,29-,30+,31+,33+,34-/m1/s1. The highest BCUT2D eigenvalue weighted by atomic mass is 16.5. The van der Waals surface area contributed by atoms with Crippen LogP contribution in [0.25, 0.3) is 0 Å². The molecule has 1 aromatic carbocycles. The summed E-state index contributed by atoms with van der Waals surface area (Å²) >= 11 is 0. The van der Waals surface area contributed by atoms with Gasteiger partial charge in [0.1, 0.15) is 6.10 Å². The third kappa shape index (κ3) is 4.54. The van der Waals surface area contributed by atoms with Gasteiger partial charge >= 0.3 is 5.97 Å². The van der Waals surface area contributed by atoms with Crippen molar-refractivity contribution in [3.63, 3.8) is 0 Å². The summed E-state index contributed by atoms with van der Waals surface area (Å²) < 4.78 is 5.98. The summed E-state index contributed by atoms with van der Waals surface area (Å²) in [6.07, 6.45) is 18.4. The Balaban J connectivity index is 1.30. The maximum atomic E-state index is 12.7. The van der Waals surface area contributed by atoms with Crippen LogP contribution >= 0.6 is 0 Å². The van der Waals surface area contributed by atoms with E-state index in [1.165, 1.54) is 49.7 Å². The zero-order valence-electron chi connectivity index (χ0n) is 23.2. The van der Waals surface area contributed by atoms with Crippen molar-refractivity contribution in [1.82, 2.24) is 0 Å². The van der Waals surface area contributed by atoms with E-state index in [1.807, 2.05) is 30.3 Å². The van der Waals surface area contributed by atoms with Gasteiger partial charge in [0.25, 0.3) is 0 Å². The second-order valence-corrected chi connectivity index (χ2v) is 13.1. The van der Waals surface area contributed by atoms with Crippen LogP contribution in [0.5, 0.6) is 0 Å². The van der Waals surface area contributed by atoms with Crippen molar-refractivity contribution in [3.8, 4) is 0 Å². The van der Waals surface area contributed by atoms with Gasteiger partial charge in [-0.15, -0.1) is 0 Å². The Labute approximate surface area is 219 Å². The molecule has 4 aliphatic rings. The molecule has 0 spiro atoms. The van der Waals surface area contributed by atoms with Crippen LogP contribution in [0.3, 0.4) is 0 Å². The number of carbonyl (C=O) groups is 1. The largest absolute Gasteiger partial charge is 0.458 e. The SMILES string of the molecule is CC(C)=CCC[C@@H](C)[C@H]1CC[C@H]2C3=CC=C4C[C@@H](OC(=O)c5ccccc5)CC[C@]4(C)[C@H]3CC[C@]12C. The summed E-state index contributed by atoms with van der Waals surface area (Å²) in [5, 5.41) is 0. The van der Waals surface area contributed by atoms with Gasteiger partial charge in [0.05, 0.1) is 5.56 Å². The number of fused-ring (bicyclic) bond motifs is 5. The summed E-state index contributed by atoms with van der Waals surface area (Å²) in [6.45, 7) is 12.1. The quantitative estimate of drug-likeness (QED) is 0.296. The van der Waals surface area contributed by atoms with Crippen molar-refractivity contribution in [2.24, 2.45) is 34.5 Å². The Morgan fingerprint density at radius 3 is 2.56 bits per heavy atom. The van der Waals surface area contributed by atoms with E-state index in [4.69, 9.17) is 4.74 Å². The summed E-state index contributed by atoms with van der Waals surface area (Å²) in [5.41, 5.74) is 6.06. The van der Waals surface area contributed by atoms with Crippen LogP contribution in [0.1, 0.15) is 103 Å². The predicted octanol–water partition coefficient (Wildman–Crippen LogP) is 9.09. The van der Waals surface area contributed by atoms with Gasteiger partial charge in [-0.05, 0) is 112 Å². The van der Waals surface area contributed by atoms with Crippen LogP contribution in [-0.4, -0.2) is 12.1 Å². The van der Waals surface area contributed by atoms with E-state index in [2.05, 4.69) is 52.8 Å². The first-order chi connectivity index (χ1) is 17.2. The molecule has 2 nitrogen and oxygen atoms in total. The molecule has 0 saturated heterocycles. The lowest BCUT2D eigenvalue weighted by Crippen LogP contribution is -2.46. The molecule has 4 aliphatic carbocycles. The maximum absolute atomic E-state index is 12.7. The molecule has 0 aliphatic heterocycles. The fourth-order valence-electron chi connectivity index (χ4n) is 8.67. The summed E-state index contributed by atoms with van der Waals surface area (Å²) in [5.74, 6) is 2.88. The fourth-order valence-corrected chi connectivity index (χ4v) is 8.67. The number of carbonyl (C=O) groups excluding carboxylic acids is 1. The molecule has 3 saturated carbocycles. The third-order valence-corrected chi connectivity index (χ3v) is 10.7. The lowest BCUT2D eigenvalue weighted by molar-refractivity contribution is 0.00583. The fraction of sp³-hybridized carbons (Fsp3) is 0.618. The average Bonchev–Trinajstić information content (AvgIpc) is 3.22. The molecule has 7 atom stereocenters. The Kier molecular flexibility index (Phi) is 7.09. The first kappa shape index (κ1) is 25.6. The molecule has 0 heterocycles. The lowest BCUT2D eigenvalue weighted by Gasteiger charge is -2.55. The molecule has 194 valence electrons. The molecule has 0 N–H and O–H groups in total. The van der Waals surface area contributed by atoms with Gasteiger partial charge in [-0.2, -0.15) is 0 Å². The lowest BCUT2D eigenvalue weighted by atomic mass is 9.50. The topological polar surface area (TPSA) is 26.3 Å². The molecule has 5 rings (SSSR count). The van der Waals surface area contributed by atoms with Crippen LogP contribution in [-0.2, 0) is 4.74 Å². The van der Waals surface area contributed by atoms with Crippen molar-refractivity contribution in [2.45, 2.75) is 98.5 Å². The van der Waals surface area contributed by atoms with Crippen LogP contribution in [0, 0.1) is 34.5 Å². The number of hydrogen-bond donors (Lipinski definition) is 0. The smallest absolute Gasteiger partial charge is 0.338 e. The molecule has 2 heteroatoms. The van der Waals surface area contributed by atoms with E-state index in [-0.39, 0.29) is 17.5 Å². The number of ether oxygens (including phenoxy) is 1. The molecule has 0 aromatic heterocycles. The maximum Gasteiger partial charge on any atom is 0.338 e. The van der Waals surface area contributed by atoms with Gasteiger partial charge < -0.3 is 4.74 Å². The van der Waals surface area contributed by atoms with Gasteiger partial charge in [-0.25, -0.2) is 4.79 Å². The highest BCUT2D eigenvalue weighted by Crippen LogP contribution is 2.66. The Morgan fingerprint density at radius 1 is 1.03 bits per heavy atom. The van der Waals surface area contributed by atoms with Crippen LogP contribution in [0.2, 0.25) is 0 Å². The van der Waals surface area contributed by atoms with Crippen LogP contribution < -0.4 is 0 Å². The second-order valence-electron chi connectivity index (χ2n) is 13.1. The Bertz CT molecular complexity index is 1060.